The molecule has 1 aromatic heterocycles. The first kappa shape index (κ1) is 12.9. The van der Waals surface area contributed by atoms with Crippen LogP contribution < -0.4 is 0 Å². The van der Waals surface area contributed by atoms with E-state index >= 15 is 0 Å². The minimum atomic E-state index is -0.295. The third-order valence-corrected chi connectivity index (χ3v) is 3.66. The summed E-state index contributed by atoms with van der Waals surface area (Å²) in [5, 5.41) is 0.499. The second-order valence-electron chi connectivity index (χ2n) is 5.34. The van der Waals surface area contributed by atoms with Crippen molar-refractivity contribution in [1.82, 2.24) is 4.98 Å². The summed E-state index contributed by atoms with van der Waals surface area (Å²) < 4.78 is 11.8. The van der Waals surface area contributed by atoms with Crippen LogP contribution in [0.25, 0.3) is 0 Å². The van der Waals surface area contributed by atoms with Gasteiger partial charge in [0.15, 0.2) is 0 Å². The van der Waals surface area contributed by atoms with E-state index in [1.54, 1.807) is 6.07 Å². The zero-order chi connectivity index (χ0) is 12.7. The van der Waals surface area contributed by atoms with E-state index in [0.29, 0.717) is 11.5 Å². The van der Waals surface area contributed by atoms with Gasteiger partial charge in [0.2, 0.25) is 0 Å². The highest BCUT2D eigenvalue weighted by molar-refractivity contribution is 6.44. The second kappa shape index (κ2) is 4.27. The zero-order valence-electron chi connectivity index (χ0n) is 10.7. The number of aromatic nitrogens is 1. The minimum absolute atomic E-state index is 0.258. The van der Waals surface area contributed by atoms with E-state index in [1.807, 2.05) is 39.8 Å². The van der Waals surface area contributed by atoms with Crippen LogP contribution in [0.15, 0.2) is 18.2 Å². The molecule has 0 radical (unpaired) electrons. The maximum absolute atomic E-state index is 5.90. The van der Waals surface area contributed by atoms with Crippen LogP contribution in [-0.2, 0) is 15.6 Å². The topological polar surface area (TPSA) is 31.4 Å². The van der Waals surface area contributed by atoms with Crippen LogP contribution in [0.3, 0.4) is 0 Å². The molecule has 0 aliphatic carbocycles. The lowest BCUT2D eigenvalue weighted by molar-refractivity contribution is 0.00578. The monoisotopic (exact) mass is 253 g/mol. The molecular weight excluding hydrogens is 236 g/mol. The molecule has 0 saturated carbocycles. The molecule has 5 heteroatoms. The van der Waals surface area contributed by atoms with Crippen molar-refractivity contribution in [1.29, 1.82) is 0 Å². The highest BCUT2D eigenvalue weighted by Crippen LogP contribution is 2.37. The van der Waals surface area contributed by atoms with E-state index in [9.17, 15) is 0 Å². The SMILES string of the molecule is CC1(C)OB(Cc2cccc(Cl)n2)OC1(C)C. The Kier molecular flexibility index (Phi) is 3.23. The number of pyridine rings is 1. The number of halogens is 1. The lowest BCUT2D eigenvalue weighted by atomic mass is 9.83. The molecule has 0 amide bonds. The van der Waals surface area contributed by atoms with Crippen molar-refractivity contribution in [2.45, 2.75) is 45.2 Å². The lowest BCUT2D eigenvalue weighted by Gasteiger charge is -2.32. The Hall–Kier alpha value is -0.575. The summed E-state index contributed by atoms with van der Waals surface area (Å²) in [6.45, 7) is 8.16. The molecular formula is C12H17BClNO2. The van der Waals surface area contributed by atoms with Gasteiger partial charge in [-0.05, 0) is 39.8 Å². The number of nitrogens with zero attached hydrogens (tertiary/aromatic N) is 1. The fourth-order valence-corrected chi connectivity index (χ4v) is 1.96. The van der Waals surface area contributed by atoms with E-state index in [4.69, 9.17) is 20.9 Å². The highest BCUT2D eigenvalue weighted by Gasteiger charge is 2.50. The molecule has 0 atom stereocenters. The molecule has 1 aliphatic heterocycles. The Morgan fingerprint density at radius 3 is 2.29 bits per heavy atom. The maximum Gasteiger partial charge on any atom is 0.464 e. The van der Waals surface area contributed by atoms with E-state index in [1.165, 1.54) is 0 Å². The third-order valence-electron chi connectivity index (χ3n) is 3.45. The molecule has 3 nitrogen and oxygen atoms in total. The molecule has 0 unspecified atom stereocenters. The van der Waals surface area contributed by atoms with Crippen LogP contribution in [0.5, 0.6) is 0 Å². The summed E-state index contributed by atoms with van der Waals surface area (Å²) in [4.78, 5) is 4.24. The molecule has 1 saturated heterocycles. The summed E-state index contributed by atoms with van der Waals surface area (Å²) in [5.41, 5.74) is 0.294. The summed E-state index contributed by atoms with van der Waals surface area (Å²) >= 11 is 5.85. The lowest BCUT2D eigenvalue weighted by Crippen LogP contribution is -2.41. The Labute approximate surface area is 108 Å². The molecule has 1 aliphatic rings. The summed E-state index contributed by atoms with van der Waals surface area (Å²) in [7, 11) is -0.258. The number of rotatable bonds is 2. The van der Waals surface area contributed by atoms with Gasteiger partial charge in [0.05, 0.1) is 11.2 Å². The smallest absolute Gasteiger partial charge is 0.403 e. The summed E-state index contributed by atoms with van der Waals surface area (Å²) in [5.74, 6) is 0. The van der Waals surface area contributed by atoms with Gasteiger partial charge in [-0.2, -0.15) is 0 Å². The van der Waals surface area contributed by atoms with E-state index in [0.717, 1.165) is 5.69 Å². The Morgan fingerprint density at radius 2 is 1.76 bits per heavy atom. The number of hydrogen-bond acceptors (Lipinski definition) is 3. The summed E-state index contributed by atoms with van der Waals surface area (Å²) in [6.07, 6.45) is 0.618. The molecule has 92 valence electrons. The van der Waals surface area contributed by atoms with Gasteiger partial charge in [0.1, 0.15) is 5.15 Å². The van der Waals surface area contributed by atoms with Gasteiger partial charge in [0, 0.05) is 12.0 Å². The van der Waals surface area contributed by atoms with Crippen molar-refractivity contribution in [2.24, 2.45) is 0 Å². The minimum Gasteiger partial charge on any atom is -0.403 e. The van der Waals surface area contributed by atoms with Crippen LogP contribution in [0.1, 0.15) is 33.4 Å². The van der Waals surface area contributed by atoms with Gasteiger partial charge in [0.25, 0.3) is 0 Å². The van der Waals surface area contributed by atoms with Crippen molar-refractivity contribution >= 4 is 18.7 Å². The van der Waals surface area contributed by atoms with E-state index in [2.05, 4.69) is 4.98 Å². The first-order chi connectivity index (χ1) is 7.80. The average Bonchev–Trinajstić information content (AvgIpc) is 2.34. The van der Waals surface area contributed by atoms with Crippen molar-refractivity contribution < 1.29 is 9.31 Å². The largest absolute Gasteiger partial charge is 0.464 e. The van der Waals surface area contributed by atoms with E-state index in [-0.39, 0.29) is 18.3 Å². The third kappa shape index (κ3) is 2.64. The Bertz CT molecular complexity index is 407. The van der Waals surface area contributed by atoms with Crippen molar-refractivity contribution in [3.8, 4) is 0 Å². The standard InChI is InChI=1S/C12H17BClNO2/c1-11(2)12(3,4)17-13(16-11)8-9-6-5-7-10(14)15-9/h5-7H,8H2,1-4H3. The molecule has 17 heavy (non-hydrogen) atoms. The van der Waals surface area contributed by atoms with Crippen LogP contribution >= 0.6 is 11.6 Å². The molecule has 1 aromatic rings. The fourth-order valence-electron chi connectivity index (χ4n) is 1.78. The Morgan fingerprint density at radius 1 is 1.18 bits per heavy atom. The molecule has 1 fully saturated rings. The molecule has 2 heterocycles. The predicted octanol–water partition coefficient (Wildman–Crippen LogP) is 2.91. The van der Waals surface area contributed by atoms with E-state index < -0.39 is 0 Å². The first-order valence-electron chi connectivity index (χ1n) is 5.77. The molecule has 0 spiro atoms. The number of hydrogen-bond donors (Lipinski definition) is 0. The highest BCUT2D eigenvalue weighted by atomic mass is 35.5. The fraction of sp³-hybridized carbons (Fsp3) is 0.583. The van der Waals surface area contributed by atoms with Crippen LogP contribution in [-0.4, -0.2) is 23.3 Å². The van der Waals surface area contributed by atoms with Gasteiger partial charge in [-0.3, -0.25) is 0 Å². The average molecular weight is 254 g/mol. The normalized spacial score (nSPS) is 21.8. The van der Waals surface area contributed by atoms with Gasteiger partial charge < -0.3 is 9.31 Å². The van der Waals surface area contributed by atoms with Crippen molar-refractivity contribution in [3.05, 3.63) is 29.0 Å². The van der Waals surface area contributed by atoms with Crippen LogP contribution in [0, 0.1) is 0 Å². The van der Waals surface area contributed by atoms with Gasteiger partial charge in [-0.25, -0.2) is 4.98 Å². The van der Waals surface area contributed by atoms with Crippen molar-refractivity contribution in [2.75, 3.05) is 0 Å². The zero-order valence-corrected chi connectivity index (χ0v) is 11.4. The Balaban J connectivity index is 2.08. The predicted molar refractivity (Wildman–Crippen MR) is 69.0 cm³/mol. The van der Waals surface area contributed by atoms with Gasteiger partial charge >= 0.3 is 7.12 Å². The van der Waals surface area contributed by atoms with Crippen LogP contribution in [0.4, 0.5) is 0 Å². The quantitative estimate of drug-likeness (QED) is 0.600. The van der Waals surface area contributed by atoms with Gasteiger partial charge in [-0.15, -0.1) is 0 Å². The molecule has 0 bridgehead atoms. The van der Waals surface area contributed by atoms with Crippen molar-refractivity contribution in [3.63, 3.8) is 0 Å². The van der Waals surface area contributed by atoms with Gasteiger partial charge in [-0.1, -0.05) is 17.7 Å². The molecule has 0 aromatic carbocycles. The van der Waals surface area contributed by atoms with Crippen LogP contribution in [0.2, 0.25) is 5.15 Å². The first-order valence-corrected chi connectivity index (χ1v) is 6.15. The second-order valence-corrected chi connectivity index (χ2v) is 5.73. The maximum atomic E-state index is 5.90. The molecule has 0 N–H and O–H groups in total. The summed E-state index contributed by atoms with van der Waals surface area (Å²) in [6, 6.07) is 5.57. The molecule has 2 rings (SSSR count).